The predicted molar refractivity (Wildman–Crippen MR) is 74.1 cm³/mol. The fourth-order valence-corrected chi connectivity index (χ4v) is 1.88. The molecule has 1 unspecified atom stereocenters. The molecule has 1 aromatic carbocycles. The summed E-state index contributed by atoms with van der Waals surface area (Å²) in [4.78, 5) is 0. The maximum absolute atomic E-state index is 5.81. The van der Waals surface area contributed by atoms with Crippen LogP contribution in [-0.4, -0.2) is 11.7 Å². The number of nitrogens with zero attached hydrogens (tertiary/aromatic N) is 1. The number of aromatic nitrogens is 1. The Morgan fingerprint density at radius 2 is 2.05 bits per heavy atom. The van der Waals surface area contributed by atoms with Gasteiger partial charge in [0.15, 0.2) is 11.9 Å². The van der Waals surface area contributed by atoms with E-state index in [1.54, 1.807) is 0 Å². The molecule has 0 bridgehead atoms. The highest BCUT2D eigenvalue weighted by atomic mass is 16.5. The van der Waals surface area contributed by atoms with Crippen molar-refractivity contribution in [2.45, 2.75) is 32.8 Å². The van der Waals surface area contributed by atoms with Crippen LogP contribution in [-0.2, 0) is 6.42 Å². The van der Waals surface area contributed by atoms with Gasteiger partial charge in [0.1, 0.15) is 5.75 Å². The Morgan fingerprint density at radius 1 is 1.32 bits per heavy atom. The molecule has 0 aliphatic rings. The van der Waals surface area contributed by atoms with Crippen LogP contribution < -0.4 is 10.5 Å². The number of aryl methyl sites for hydroxylation is 2. The van der Waals surface area contributed by atoms with Gasteiger partial charge in [0.05, 0.1) is 5.69 Å². The van der Waals surface area contributed by atoms with Gasteiger partial charge in [0.25, 0.3) is 0 Å². The van der Waals surface area contributed by atoms with E-state index in [0.29, 0.717) is 0 Å². The summed E-state index contributed by atoms with van der Waals surface area (Å²) in [6.07, 6.45) is 1.87. The van der Waals surface area contributed by atoms with Crippen molar-refractivity contribution in [3.05, 3.63) is 47.3 Å². The van der Waals surface area contributed by atoms with Gasteiger partial charge >= 0.3 is 0 Å². The van der Waals surface area contributed by atoms with Crippen LogP contribution in [0, 0.1) is 6.92 Å². The first-order valence-corrected chi connectivity index (χ1v) is 6.58. The minimum absolute atomic E-state index is 0.143. The van der Waals surface area contributed by atoms with Crippen molar-refractivity contribution in [3.8, 4) is 5.75 Å². The fraction of sp³-hybridized carbons (Fsp3) is 0.400. The SMILES string of the molecule is Cc1cc(C(C)Oc2ccc(CCCN)cc2)on1. The molecule has 0 aliphatic carbocycles. The standard InChI is InChI=1S/C15H20N2O2/c1-11-10-15(19-17-11)12(2)18-14-7-5-13(6-8-14)4-3-9-16/h5-8,10,12H,3-4,9,16H2,1-2H3. The average Bonchev–Trinajstić information content (AvgIpc) is 2.85. The van der Waals surface area contributed by atoms with Gasteiger partial charge in [-0.25, -0.2) is 0 Å². The van der Waals surface area contributed by atoms with Crippen molar-refractivity contribution < 1.29 is 9.26 Å². The lowest BCUT2D eigenvalue weighted by Crippen LogP contribution is -2.02. The Labute approximate surface area is 113 Å². The molecule has 102 valence electrons. The summed E-state index contributed by atoms with van der Waals surface area (Å²) in [5.74, 6) is 1.57. The normalized spacial score (nSPS) is 12.4. The molecular formula is C15H20N2O2. The van der Waals surface area contributed by atoms with E-state index in [1.165, 1.54) is 5.56 Å². The van der Waals surface area contributed by atoms with Crippen molar-refractivity contribution >= 4 is 0 Å². The Bertz CT molecular complexity index is 505. The van der Waals surface area contributed by atoms with Crippen molar-refractivity contribution in [2.24, 2.45) is 5.73 Å². The van der Waals surface area contributed by atoms with Crippen LogP contribution in [0.3, 0.4) is 0 Å². The summed E-state index contributed by atoms with van der Waals surface area (Å²) in [6, 6.07) is 9.99. The molecular weight excluding hydrogens is 240 g/mol. The van der Waals surface area contributed by atoms with Crippen molar-refractivity contribution in [1.29, 1.82) is 0 Å². The van der Waals surface area contributed by atoms with Crippen molar-refractivity contribution in [1.82, 2.24) is 5.16 Å². The number of nitrogens with two attached hydrogens (primary N) is 1. The molecule has 4 nitrogen and oxygen atoms in total. The third kappa shape index (κ3) is 3.83. The Hall–Kier alpha value is -1.81. The second kappa shape index (κ2) is 6.38. The summed E-state index contributed by atoms with van der Waals surface area (Å²) in [6.45, 7) is 4.56. The number of rotatable bonds is 6. The molecule has 1 heterocycles. The van der Waals surface area contributed by atoms with Gasteiger partial charge in [-0.3, -0.25) is 0 Å². The number of hydrogen-bond donors (Lipinski definition) is 1. The third-order valence-corrected chi connectivity index (χ3v) is 2.95. The first-order valence-electron chi connectivity index (χ1n) is 6.58. The number of benzene rings is 1. The Kier molecular flexibility index (Phi) is 4.58. The van der Waals surface area contributed by atoms with Gasteiger partial charge in [0, 0.05) is 6.07 Å². The highest BCUT2D eigenvalue weighted by Crippen LogP contribution is 2.22. The zero-order valence-electron chi connectivity index (χ0n) is 11.4. The fourth-order valence-electron chi connectivity index (χ4n) is 1.88. The first kappa shape index (κ1) is 13.6. The zero-order chi connectivity index (χ0) is 13.7. The van der Waals surface area contributed by atoms with Gasteiger partial charge in [-0.05, 0) is 50.9 Å². The molecule has 0 spiro atoms. The topological polar surface area (TPSA) is 61.3 Å². The van der Waals surface area contributed by atoms with Crippen molar-refractivity contribution in [2.75, 3.05) is 6.54 Å². The molecule has 0 saturated carbocycles. The van der Waals surface area contributed by atoms with Gasteiger partial charge < -0.3 is 15.0 Å². The minimum Gasteiger partial charge on any atom is -0.483 e. The molecule has 1 aromatic heterocycles. The van der Waals surface area contributed by atoms with Crippen LogP contribution in [0.25, 0.3) is 0 Å². The molecule has 0 saturated heterocycles. The number of hydrogen-bond acceptors (Lipinski definition) is 4. The average molecular weight is 260 g/mol. The molecule has 2 rings (SSSR count). The lowest BCUT2D eigenvalue weighted by Gasteiger charge is -2.12. The molecule has 0 fully saturated rings. The second-order valence-electron chi connectivity index (χ2n) is 4.67. The zero-order valence-corrected chi connectivity index (χ0v) is 11.4. The molecule has 1 atom stereocenters. The van der Waals surface area contributed by atoms with Crippen molar-refractivity contribution in [3.63, 3.8) is 0 Å². The molecule has 0 radical (unpaired) electrons. The summed E-state index contributed by atoms with van der Waals surface area (Å²) in [5, 5.41) is 3.86. The summed E-state index contributed by atoms with van der Waals surface area (Å²) < 4.78 is 11.0. The second-order valence-corrected chi connectivity index (χ2v) is 4.67. The van der Waals surface area contributed by atoms with E-state index in [1.807, 2.05) is 32.0 Å². The van der Waals surface area contributed by atoms with Gasteiger partial charge in [-0.2, -0.15) is 0 Å². The lowest BCUT2D eigenvalue weighted by atomic mass is 10.1. The lowest BCUT2D eigenvalue weighted by molar-refractivity contribution is 0.182. The smallest absolute Gasteiger partial charge is 0.177 e. The van der Waals surface area contributed by atoms with Crippen LogP contribution in [0.5, 0.6) is 5.75 Å². The van der Waals surface area contributed by atoms with E-state index in [9.17, 15) is 0 Å². The quantitative estimate of drug-likeness (QED) is 0.867. The molecule has 2 aromatic rings. The molecule has 0 amide bonds. The van der Waals surface area contributed by atoms with E-state index in [-0.39, 0.29) is 6.10 Å². The summed E-state index contributed by atoms with van der Waals surface area (Å²) in [7, 11) is 0. The molecule has 2 N–H and O–H groups in total. The molecule has 0 aliphatic heterocycles. The van der Waals surface area contributed by atoms with E-state index in [0.717, 1.165) is 36.6 Å². The Balaban J connectivity index is 1.95. The van der Waals surface area contributed by atoms with Gasteiger partial charge in [-0.15, -0.1) is 0 Å². The van der Waals surface area contributed by atoms with Crippen LogP contribution in [0.2, 0.25) is 0 Å². The van der Waals surface area contributed by atoms with E-state index in [2.05, 4.69) is 17.3 Å². The van der Waals surface area contributed by atoms with E-state index >= 15 is 0 Å². The minimum atomic E-state index is -0.143. The predicted octanol–water partition coefficient (Wildman–Crippen LogP) is 3.01. The largest absolute Gasteiger partial charge is 0.483 e. The van der Waals surface area contributed by atoms with E-state index in [4.69, 9.17) is 15.0 Å². The van der Waals surface area contributed by atoms with Crippen LogP contribution in [0.4, 0.5) is 0 Å². The third-order valence-electron chi connectivity index (χ3n) is 2.95. The number of ether oxygens (including phenoxy) is 1. The van der Waals surface area contributed by atoms with Crippen LogP contribution >= 0.6 is 0 Å². The Morgan fingerprint density at radius 3 is 2.63 bits per heavy atom. The van der Waals surface area contributed by atoms with Gasteiger partial charge in [-0.1, -0.05) is 17.3 Å². The van der Waals surface area contributed by atoms with Crippen LogP contribution in [0.1, 0.15) is 36.5 Å². The van der Waals surface area contributed by atoms with Gasteiger partial charge in [0.2, 0.25) is 0 Å². The maximum atomic E-state index is 5.81. The molecule has 4 heteroatoms. The molecule has 19 heavy (non-hydrogen) atoms. The summed E-state index contributed by atoms with van der Waals surface area (Å²) >= 11 is 0. The summed E-state index contributed by atoms with van der Waals surface area (Å²) in [5.41, 5.74) is 7.64. The highest BCUT2D eigenvalue weighted by molar-refractivity contribution is 5.28. The maximum Gasteiger partial charge on any atom is 0.177 e. The monoisotopic (exact) mass is 260 g/mol. The first-order chi connectivity index (χ1) is 9.19. The highest BCUT2D eigenvalue weighted by Gasteiger charge is 2.12. The van der Waals surface area contributed by atoms with E-state index < -0.39 is 0 Å². The van der Waals surface area contributed by atoms with Crippen LogP contribution in [0.15, 0.2) is 34.9 Å².